The van der Waals surface area contributed by atoms with Crippen LogP contribution in [-0.4, -0.2) is 33.7 Å². The molecule has 0 unspecified atom stereocenters. The van der Waals surface area contributed by atoms with E-state index in [1.165, 1.54) is 12.6 Å². The van der Waals surface area contributed by atoms with Crippen LogP contribution in [0.4, 0.5) is 0 Å². The quantitative estimate of drug-likeness (QED) is 0.774. The first kappa shape index (κ1) is 13.8. The molecular formula is C13H16BrClN2O. The minimum atomic E-state index is 0.0352. The zero-order valence-corrected chi connectivity index (χ0v) is 12.5. The van der Waals surface area contributed by atoms with Crippen molar-refractivity contribution in [2.45, 2.75) is 31.7 Å². The zero-order chi connectivity index (χ0) is 13.0. The molecule has 3 nitrogen and oxygen atoms in total. The fourth-order valence-corrected chi connectivity index (χ4v) is 2.53. The summed E-state index contributed by atoms with van der Waals surface area (Å²) >= 11 is 9.46. The Labute approximate surface area is 121 Å². The molecule has 5 heteroatoms. The monoisotopic (exact) mass is 330 g/mol. The Kier molecular flexibility index (Phi) is 5.01. The molecule has 0 bridgehead atoms. The van der Waals surface area contributed by atoms with Crippen LogP contribution in [0.1, 0.15) is 36.0 Å². The number of hydrogen-bond acceptors (Lipinski definition) is 2. The Morgan fingerprint density at radius 3 is 2.89 bits per heavy atom. The molecule has 2 rings (SSSR count). The molecule has 1 aliphatic carbocycles. The number of halogens is 2. The van der Waals surface area contributed by atoms with E-state index in [2.05, 4.69) is 20.9 Å². The molecule has 98 valence electrons. The van der Waals surface area contributed by atoms with Gasteiger partial charge in [0.1, 0.15) is 0 Å². The van der Waals surface area contributed by atoms with Crippen molar-refractivity contribution in [2.24, 2.45) is 0 Å². The van der Waals surface area contributed by atoms with E-state index >= 15 is 0 Å². The zero-order valence-electron chi connectivity index (χ0n) is 10.1. The molecule has 0 aliphatic heterocycles. The summed E-state index contributed by atoms with van der Waals surface area (Å²) in [5.41, 5.74) is 0.563. The average molecular weight is 332 g/mol. The minimum Gasteiger partial charge on any atom is -0.336 e. The first-order chi connectivity index (χ1) is 8.74. The van der Waals surface area contributed by atoms with Gasteiger partial charge in [0.2, 0.25) is 0 Å². The molecule has 0 atom stereocenters. The Bertz CT molecular complexity index is 423. The second-order valence-corrected chi connectivity index (χ2v) is 5.68. The van der Waals surface area contributed by atoms with Gasteiger partial charge in [-0.1, -0.05) is 27.5 Å². The second kappa shape index (κ2) is 6.53. The molecule has 1 aromatic rings. The Morgan fingerprint density at radius 1 is 1.56 bits per heavy atom. The molecule has 1 heterocycles. The lowest BCUT2D eigenvalue weighted by atomic mass is 9.91. The van der Waals surface area contributed by atoms with E-state index in [1.807, 2.05) is 4.90 Å². The van der Waals surface area contributed by atoms with Crippen molar-refractivity contribution >= 4 is 33.4 Å². The van der Waals surface area contributed by atoms with E-state index in [0.29, 0.717) is 16.6 Å². The third-order valence-electron chi connectivity index (χ3n) is 3.31. The van der Waals surface area contributed by atoms with Crippen LogP contribution in [0.5, 0.6) is 0 Å². The number of pyridine rings is 1. The standard InChI is InChI=1S/C13H16BrClN2O/c14-6-2-8-17(10-3-1-4-10)13(18)11-5-7-16-9-12(11)15/h5,7,9-10H,1-4,6,8H2. The van der Waals surface area contributed by atoms with Gasteiger partial charge in [-0.3, -0.25) is 9.78 Å². The number of aromatic nitrogens is 1. The molecule has 0 aromatic carbocycles. The third kappa shape index (κ3) is 3.04. The van der Waals surface area contributed by atoms with Gasteiger partial charge in [0.15, 0.2) is 0 Å². The molecule has 1 aromatic heterocycles. The first-order valence-electron chi connectivity index (χ1n) is 6.20. The van der Waals surface area contributed by atoms with E-state index in [4.69, 9.17) is 11.6 Å². The van der Waals surface area contributed by atoms with Gasteiger partial charge in [-0.25, -0.2) is 0 Å². The molecule has 0 radical (unpaired) electrons. The van der Waals surface area contributed by atoms with E-state index in [0.717, 1.165) is 31.1 Å². The minimum absolute atomic E-state index is 0.0352. The maximum Gasteiger partial charge on any atom is 0.255 e. The van der Waals surface area contributed by atoms with Crippen molar-refractivity contribution in [2.75, 3.05) is 11.9 Å². The number of hydrogen-bond donors (Lipinski definition) is 0. The summed E-state index contributed by atoms with van der Waals surface area (Å²) in [5, 5.41) is 1.35. The highest BCUT2D eigenvalue weighted by Crippen LogP contribution is 2.27. The SMILES string of the molecule is O=C(c1ccncc1Cl)N(CCCBr)C1CCC1. The van der Waals surface area contributed by atoms with Gasteiger partial charge < -0.3 is 4.90 Å². The van der Waals surface area contributed by atoms with Crippen LogP contribution in [-0.2, 0) is 0 Å². The summed E-state index contributed by atoms with van der Waals surface area (Å²) < 4.78 is 0. The number of rotatable bonds is 5. The van der Waals surface area contributed by atoms with Gasteiger partial charge in [0.05, 0.1) is 10.6 Å². The largest absolute Gasteiger partial charge is 0.336 e. The van der Waals surface area contributed by atoms with E-state index in [9.17, 15) is 4.79 Å². The summed E-state index contributed by atoms with van der Waals surface area (Å²) in [6.45, 7) is 0.785. The lowest BCUT2D eigenvalue weighted by Gasteiger charge is -2.37. The number of carbonyl (C=O) groups excluding carboxylic acids is 1. The summed E-state index contributed by atoms with van der Waals surface area (Å²) in [6, 6.07) is 2.09. The predicted molar refractivity (Wildman–Crippen MR) is 76.3 cm³/mol. The van der Waals surface area contributed by atoms with Crippen LogP contribution in [0.15, 0.2) is 18.5 Å². The van der Waals surface area contributed by atoms with Gasteiger partial charge in [0.25, 0.3) is 5.91 Å². The molecule has 1 aliphatic rings. The average Bonchev–Trinajstić information content (AvgIpc) is 2.32. The van der Waals surface area contributed by atoms with Crippen LogP contribution in [0.3, 0.4) is 0 Å². The van der Waals surface area contributed by atoms with Crippen molar-refractivity contribution in [1.82, 2.24) is 9.88 Å². The maximum absolute atomic E-state index is 12.5. The highest BCUT2D eigenvalue weighted by molar-refractivity contribution is 9.09. The van der Waals surface area contributed by atoms with Gasteiger partial charge in [-0.15, -0.1) is 0 Å². The molecule has 1 amide bonds. The Morgan fingerprint density at radius 2 is 2.33 bits per heavy atom. The molecule has 0 spiro atoms. The third-order valence-corrected chi connectivity index (χ3v) is 4.17. The highest BCUT2D eigenvalue weighted by Gasteiger charge is 2.29. The van der Waals surface area contributed by atoms with E-state index in [1.54, 1.807) is 12.3 Å². The summed E-state index contributed by atoms with van der Waals surface area (Å²) in [6.07, 6.45) is 7.53. The molecule has 0 saturated heterocycles. The number of amides is 1. The predicted octanol–water partition coefficient (Wildman–Crippen LogP) is 3.51. The lowest BCUT2D eigenvalue weighted by Crippen LogP contribution is -2.45. The van der Waals surface area contributed by atoms with Crippen LogP contribution >= 0.6 is 27.5 Å². The Balaban J connectivity index is 2.14. The van der Waals surface area contributed by atoms with Gasteiger partial charge >= 0.3 is 0 Å². The summed E-state index contributed by atoms with van der Waals surface area (Å²) in [5.74, 6) is 0.0352. The van der Waals surface area contributed by atoms with Crippen LogP contribution in [0.25, 0.3) is 0 Å². The van der Waals surface area contributed by atoms with E-state index < -0.39 is 0 Å². The maximum atomic E-state index is 12.5. The molecule has 1 fully saturated rings. The topological polar surface area (TPSA) is 33.2 Å². The summed E-state index contributed by atoms with van der Waals surface area (Å²) in [4.78, 5) is 18.4. The fraction of sp³-hybridized carbons (Fsp3) is 0.538. The van der Waals surface area contributed by atoms with Crippen molar-refractivity contribution in [3.63, 3.8) is 0 Å². The van der Waals surface area contributed by atoms with Crippen molar-refractivity contribution < 1.29 is 4.79 Å². The van der Waals surface area contributed by atoms with E-state index in [-0.39, 0.29) is 5.91 Å². The fourth-order valence-electron chi connectivity index (χ4n) is 2.08. The van der Waals surface area contributed by atoms with Crippen LogP contribution in [0, 0.1) is 0 Å². The lowest BCUT2D eigenvalue weighted by molar-refractivity contribution is 0.0581. The summed E-state index contributed by atoms with van der Waals surface area (Å²) in [7, 11) is 0. The van der Waals surface area contributed by atoms with Crippen molar-refractivity contribution in [3.8, 4) is 0 Å². The van der Waals surface area contributed by atoms with Crippen LogP contribution < -0.4 is 0 Å². The number of alkyl halides is 1. The van der Waals surface area contributed by atoms with Crippen molar-refractivity contribution in [3.05, 3.63) is 29.0 Å². The molecular weight excluding hydrogens is 316 g/mol. The normalized spacial score (nSPS) is 15.2. The van der Waals surface area contributed by atoms with Gasteiger partial charge in [-0.05, 0) is 31.7 Å². The van der Waals surface area contributed by atoms with Crippen LogP contribution in [0.2, 0.25) is 5.02 Å². The molecule has 1 saturated carbocycles. The van der Waals surface area contributed by atoms with Gasteiger partial charge in [-0.2, -0.15) is 0 Å². The number of nitrogens with zero attached hydrogens (tertiary/aromatic N) is 2. The second-order valence-electron chi connectivity index (χ2n) is 4.48. The molecule has 0 N–H and O–H groups in total. The first-order valence-corrected chi connectivity index (χ1v) is 7.70. The smallest absolute Gasteiger partial charge is 0.255 e. The highest BCUT2D eigenvalue weighted by atomic mass is 79.9. The van der Waals surface area contributed by atoms with Gasteiger partial charge in [0, 0.05) is 30.3 Å². The Hall–Kier alpha value is -0.610. The molecule has 18 heavy (non-hydrogen) atoms. The number of carbonyl (C=O) groups is 1. The van der Waals surface area contributed by atoms with Crippen molar-refractivity contribution in [1.29, 1.82) is 0 Å².